The smallest absolute Gasteiger partial charge is 0.0299 e. The summed E-state index contributed by atoms with van der Waals surface area (Å²) in [7, 11) is 0. The van der Waals surface area contributed by atoms with Crippen LogP contribution in [-0.2, 0) is 13.1 Å². The van der Waals surface area contributed by atoms with Gasteiger partial charge in [0.25, 0.3) is 0 Å². The predicted molar refractivity (Wildman–Crippen MR) is 76.9 cm³/mol. The molecule has 0 saturated heterocycles. The van der Waals surface area contributed by atoms with Crippen LogP contribution < -0.4 is 10.6 Å². The van der Waals surface area contributed by atoms with E-state index < -0.39 is 0 Å². The van der Waals surface area contributed by atoms with E-state index in [4.69, 9.17) is 0 Å². The van der Waals surface area contributed by atoms with E-state index in [9.17, 15) is 0 Å². The van der Waals surface area contributed by atoms with Crippen molar-refractivity contribution in [2.45, 2.75) is 19.0 Å². The second kappa shape index (κ2) is 5.65. The summed E-state index contributed by atoms with van der Waals surface area (Å²) in [5.74, 6) is 0.593. The number of hydrogen-bond donors (Lipinski definition) is 2. The summed E-state index contributed by atoms with van der Waals surface area (Å²) in [6, 6.07) is 13.1. The van der Waals surface area contributed by atoms with E-state index in [2.05, 4.69) is 52.4 Å². The molecule has 2 N–H and O–H groups in total. The molecule has 1 atom stereocenters. The summed E-state index contributed by atoms with van der Waals surface area (Å²) >= 11 is 1.82. The Bertz CT molecular complexity index is 493. The Hall–Kier alpha value is -1.16. The lowest BCUT2D eigenvalue weighted by Gasteiger charge is -2.26. The summed E-state index contributed by atoms with van der Waals surface area (Å²) in [5.41, 5.74) is 2.96. The van der Waals surface area contributed by atoms with E-state index in [0.29, 0.717) is 5.92 Å². The van der Waals surface area contributed by atoms with Crippen LogP contribution in [0.25, 0.3) is 0 Å². The summed E-state index contributed by atoms with van der Waals surface area (Å²) in [4.78, 5) is 1.41. The zero-order valence-electron chi connectivity index (χ0n) is 10.4. The maximum Gasteiger partial charge on any atom is 0.0299 e. The van der Waals surface area contributed by atoms with Gasteiger partial charge in [-0.2, -0.15) is 0 Å². The van der Waals surface area contributed by atoms with Gasteiger partial charge in [0.05, 0.1) is 0 Å². The van der Waals surface area contributed by atoms with Crippen LogP contribution in [0.5, 0.6) is 0 Å². The van der Waals surface area contributed by atoms with Crippen LogP contribution in [0.3, 0.4) is 0 Å². The van der Waals surface area contributed by atoms with Gasteiger partial charge in [0.1, 0.15) is 0 Å². The second-order valence-electron chi connectivity index (χ2n) is 4.74. The zero-order valence-corrected chi connectivity index (χ0v) is 11.2. The number of benzene rings is 1. The molecule has 0 saturated carbocycles. The normalized spacial score (nSPS) is 18.6. The number of fused-ring (bicyclic) bond motifs is 1. The lowest BCUT2D eigenvalue weighted by molar-refractivity contribution is 0.504. The topological polar surface area (TPSA) is 24.1 Å². The van der Waals surface area contributed by atoms with Crippen molar-refractivity contribution in [3.8, 4) is 0 Å². The van der Waals surface area contributed by atoms with Crippen molar-refractivity contribution >= 4 is 11.3 Å². The monoisotopic (exact) mass is 258 g/mol. The second-order valence-corrected chi connectivity index (χ2v) is 5.77. The van der Waals surface area contributed by atoms with Crippen LogP contribution in [0.1, 0.15) is 21.9 Å². The van der Waals surface area contributed by atoms with Crippen molar-refractivity contribution in [3.05, 3.63) is 57.8 Å². The van der Waals surface area contributed by atoms with Gasteiger partial charge < -0.3 is 10.6 Å². The minimum absolute atomic E-state index is 0.593. The van der Waals surface area contributed by atoms with Gasteiger partial charge in [-0.3, -0.25) is 0 Å². The number of thiophene rings is 1. The Morgan fingerprint density at radius 3 is 3.06 bits per heavy atom. The van der Waals surface area contributed by atoms with Crippen LogP contribution in [0.2, 0.25) is 0 Å². The summed E-state index contributed by atoms with van der Waals surface area (Å²) in [6.45, 7) is 4.12. The standard InChI is InChI=1S/C15H18N2S/c1-2-6-15-12(4-1)8-16-9-13(15)10-17-11-14-5-3-7-18-14/h1-7,13,16-17H,8-11H2. The van der Waals surface area contributed by atoms with E-state index in [1.54, 1.807) is 0 Å². The fourth-order valence-corrected chi connectivity index (χ4v) is 3.22. The molecule has 0 fully saturated rings. The van der Waals surface area contributed by atoms with Crippen molar-refractivity contribution in [3.63, 3.8) is 0 Å². The van der Waals surface area contributed by atoms with Crippen LogP contribution >= 0.6 is 11.3 Å². The molecule has 1 unspecified atom stereocenters. The van der Waals surface area contributed by atoms with Gasteiger partial charge in [-0.1, -0.05) is 30.3 Å². The average molecular weight is 258 g/mol. The maximum atomic E-state index is 3.57. The number of nitrogens with one attached hydrogen (secondary N) is 2. The molecule has 1 aromatic carbocycles. The molecule has 1 aromatic heterocycles. The van der Waals surface area contributed by atoms with E-state index in [1.165, 1.54) is 16.0 Å². The fraction of sp³-hybridized carbons (Fsp3) is 0.333. The molecule has 0 spiro atoms. The Balaban J connectivity index is 1.60. The van der Waals surface area contributed by atoms with Crippen molar-refractivity contribution in [1.82, 2.24) is 10.6 Å². The summed E-state index contributed by atoms with van der Waals surface area (Å²) in [6.07, 6.45) is 0. The van der Waals surface area contributed by atoms with E-state index in [-0.39, 0.29) is 0 Å². The van der Waals surface area contributed by atoms with Crippen molar-refractivity contribution in [2.24, 2.45) is 0 Å². The third kappa shape index (κ3) is 2.64. The molecule has 18 heavy (non-hydrogen) atoms. The molecule has 3 rings (SSSR count). The minimum Gasteiger partial charge on any atom is -0.312 e. The SMILES string of the molecule is c1csc(CNCC2CNCc3ccccc32)c1. The Morgan fingerprint density at radius 2 is 2.17 bits per heavy atom. The highest BCUT2D eigenvalue weighted by Gasteiger charge is 2.18. The minimum atomic E-state index is 0.593. The van der Waals surface area contributed by atoms with Gasteiger partial charge >= 0.3 is 0 Å². The van der Waals surface area contributed by atoms with E-state index >= 15 is 0 Å². The Morgan fingerprint density at radius 1 is 1.22 bits per heavy atom. The van der Waals surface area contributed by atoms with E-state index in [1.807, 2.05) is 11.3 Å². The van der Waals surface area contributed by atoms with Gasteiger partial charge in [-0.25, -0.2) is 0 Å². The molecule has 3 heteroatoms. The van der Waals surface area contributed by atoms with Crippen molar-refractivity contribution in [1.29, 1.82) is 0 Å². The zero-order chi connectivity index (χ0) is 12.2. The number of hydrogen-bond acceptors (Lipinski definition) is 3. The lowest BCUT2D eigenvalue weighted by atomic mass is 9.91. The molecule has 0 aliphatic carbocycles. The van der Waals surface area contributed by atoms with Gasteiger partial charge in [-0.15, -0.1) is 11.3 Å². The molecule has 94 valence electrons. The van der Waals surface area contributed by atoms with Gasteiger partial charge in [0.2, 0.25) is 0 Å². The van der Waals surface area contributed by atoms with Gasteiger partial charge in [0.15, 0.2) is 0 Å². The molecule has 2 heterocycles. The summed E-state index contributed by atoms with van der Waals surface area (Å²) < 4.78 is 0. The highest BCUT2D eigenvalue weighted by Crippen LogP contribution is 2.23. The molecule has 0 amide bonds. The maximum absolute atomic E-state index is 3.57. The lowest BCUT2D eigenvalue weighted by Crippen LogP contribution is -2.34. The fourth-order valence-electron chi connectivity index (χ4n) is 2.55. The first kappa shape index (κ1) is 11.9. The molecule has 0 radical (unpaired) electrons. The quantitative estimate of drug-likeness (QED) is 0.881. The Labute approximate surface area is 112 Å². The van der Waals surface area contributed by atoms with Gasteiger partial charge in [0, 0.05) is 37.0 Å². The average Bonchev–Trinajstić information content (AvgIpc) is 2.92. The third-order valence-corrected chi connectivity index (χ3v) is 4.35. The van der Waals surface area contributed by atoms with Crippen LogP contribution in [0.4, 0.5) is 0 Å². The van der Waals surface area contributed by atoms with Gasteiger partial charge in [-0.05, 0) is 22.6 Å². The van der Waals surface area contributed by atoms with Crippen LogP contribution in [0, 0.1) is 0 Å². The molecule has 2 aromatic rings. The molecular formula is C15H18N2S. The third-order valence-electron chi connectivity index (χ3n) is 3.47. The molecule has 0 bridgehead atoms. The molecular weight excluding hydrogens is 240 g/mol. The number of rotatable bonds is 4. The highest BCUT2D eigenvalue weighted by atomic mass is 32.1. The molecule has 1 aliphatic rings. The Kier molecular flexibility index (Phi) is 3.74. The first-order chi connectivity index (χ1) is 8.93. The molecule has 2 nitrogen and oxygen atoms in total. The van der Waals surface area contributed by atoms with Crippen molar-refractivity contribution in [2.75, 3.05) is 13.1 Å². The van der Waals surface area contributed by atoms with E-state index in [0.717, 1.165) is 26.2 Å². The first-order valence-electron chi connectivity index (χ1n) is 6.45. The van der Waals surface area contributed by atoms with Crippen molar-refractivity contribution < 1.29 is 0 Å². The largest absolute Gasteiger partial charge is 0.312 e. The predicted octanol–water partition coefficient (Wildman–Crippen LogP) is 2.72. The van der Waals surface area contributed by atoms with Crippen LogP contribution in [-0.4, -0.2) is 13.1 Å². The van der Waals surface area contributed by atoms with Crippen LogP contribution in [0.15, 0.2) is 41.8 Å². The summed E-state index contributed by atoms with van der Waals surface area (Å²) in [5, 5.41) is 9.20. The first-order valence-corrected chi connectivity index (χ1v) is 7.33. The highest BCUT2D eigenvalue weighted by molar-refractivity contribution is 7.09. The molecule has 1 aliphatic heterocycles.